The molecule has 4 rings (SSSR count). The molecule has 0 radical (unpaired) electrons. The molecular weight excluding hydrogens is 400 g/mol. The number of piperidine rings is 1. The zero-order chi connectivity index (χ0) is 20.8. The van der Waals surface area contributed by atoms with Gasteiger partial charge in [0.05, 0.1) is 11.6 Å². The first-order valence-corrected chi connectivity index (χ1v) is 11.3. The van der Waals surface area contributed by atoms with Crippen LogP contribution in [0.5, 0.6) is 5.75 Å². The number of halogens is 1. The highest BCUT2D eigenvalue weighted by atomic mass is 35.5. The molecule has 1 amide bonds. The monoisotopic (exact) mass is 428 g/mol. The highest BCUT2D eigenvalue weighted by Crippen LogP contribution is 2.28. The molecule has 0 atom stereocenters. The van der Waals surface area contributed by atoms with Crippen LogP contribution in [0.4, 0.5) is 11.6 Å². The summed E-state index contributed by atoms with van der Waals surface area (Å²) in [6, 6.07) is 7.51. The lowest BCUT2D eigenvalue weighted by Gasteiger charge is -2.32. The molecule has 2 aromatic rings. The van der Waals surface area contributed by atoms with Crippen LogP contribution in [0.3, 0.4) is 0 Å². The smallest absolute Gasteiger partial charge is 0.228 e. The van der Waals surface area contributed by atoms with E-state index in [2.05, 4.69) is 20.2 Å². The van der Waals surface area contributed by atoms with Crippen molar-refractivity contribution in [1.29, 1.82) is 0 Å². The van der Waals surface area contributed by atoms with Crippen molar-refractivity contribution < 1.29 is 9.53 Å². The van der Waals surface area contributed by atoms with Gasteiger partial charge in [-0.05, 0) is 55.9 Å². The minimum Gasteiger partial charge on any atom is -0.489 e. The van der Waals surface area contributed by atoms with Crippen LogP contribution >= 0.6 is 11.6 Å². The Morgan fingerprint density at radius 3 is 2.63 bits per heavy atom. The van der Waals surface area contributed by atoms with Gasteiger partial charge in [0.1, 0.15) is 5.82 Å². The average molecular weight is 429 g/mol. The van der Waals surface area contributed by atoms with Gasteiger partial charge in [0.2, 0.25) is 5.91 Å². The number of pyridine rings is 2. The number of anilines is 2. The quantitative estimate of drug-likeness (QED) is 0.705. The fourth-order valence-corrected chi connectivity index (χ4v) is 4.42. The van der Waals surface area contributed by atoms with Gasteiger partial charge in [0.25, 0.3) is 0 Å². The van der Waals surface area contributed by atoms with Gasteiger partial charge in [-0.25, -0.2) is 9.97 Å². The van der Waals surface area contributed by atoms with E-state index in [9.17, 15) is 4.79 Å². The maximum atomic E-state index is 12.9. The van der Waals surface area contributed by atoms with Crippen LogP contribution in [0.15, 0.2) is 36.7 Å². The number of aromatic nitrogens is 2. The Bertz CT molecular complexity index is 831. The van der Waals surface area contributed by atoms with Gasteiger partial charge in [0.15, 0.2) is 11.6 Å². The lowest BCUT2D eigenvalue weighted by atomic mass is 9.90. The Morgan fingerprint density at radius 1 is 1.10 bits per heavy atom. The molecule has 2 aliphatic rings. The number of rotatable bonds is 6. The van der Waals surface area contributed by atoms with Crippen molar-refractivity contribution in [1.82, 2.24) is 9.97 Å². The van der Waals surface area contributed by atoms with Crippen LogP contribution in [0, 0.1) is 11.8 Å². The van der Waals surface area contributed by atoms with Crippen molar-refractivity contribution in [2.24, 2.45) is 11.8 Å². The molecule has 2 fully saturated rings. The molecule has 6 nitrogen and oxygen atoms in total. The second-order valence-corrected chi connectivity index (χ2v) is 8.69. The lowest BCUT2D eigenvalue weighted by Crippen LogP contribution is -2.38. The summed E-state index contributed by atoms with van der Waals surface area (Å²) in [5.41, 5.74) is 0. The number of nitrogens with one attached hydrogen (secondary N) is 1. The van der Waals surface area contributed by atoms with Crippen LogP contribution in [-0.2, 0) is 4.79 Å². The van der Waals surface area contributed by atoms with E-state index in [1.807, 2.05) is 24.3 Å². The molecule has 160 valence electrons. The lowest BCUT2D eigenvalue weighted by molar-refractivity contribution is -0.120. The van der Waals surface area contributed by atoms with Crippen LogP contribution in [0.2, 0.25) is 5.02 Å². The van der Waals surface area contributed by atoms with E-state index >= 15 is 0 Å². The molecule has 30 heavy (non-hydrogen) atoms. The third-order valence-corrected chi connectivity index (χ3v) is 6.34. The Kier molecular flexibility index (Phi) is 7.05. The molecule has 0 bridgehead atoms. The SMILES string of the molecule is O=C(Nc1ncccc1OCC1CCCCC1)C1CCN(c2ccc(Cl)cn2)CC1. The molecule has 7 heteroatoms. The van der Waals surface area contributed by atoms with Crippen molar-refractivity contribution in [3.05, 3.63) is 41.7 Å². The third kappa shape index (κ3) is 5.42. The first kappa shape index (κ1) is 20.9. The molecule has 0 unspecified atom stereocenters. The molecular formula is C23H29ClN4O2. The minimum absolute atomic E-state index is 0.0138. The first-order valence-electron chi connectivity index (χ1n) is 10.9. The molecule has 0 spiro atoms. The summed E-state index contributed by atoms with van der Waals surface area (Å²) in [7, 11) is 0. The maximum absolute atomic E-state index is 12.9. The molecule has 0 aromatic carbocycles. The topological polar surface area (TPSA) is 67.3 Å². The van der Waals surface area contributed by atoms with Crippen molar-refractivity contribution in [2.75, 3.05) is 29.9 Å². The Balaban J connectivity index is 1.30. The van der Waals surface area contributed by atoms with E-state index in [4.69, 9.17) is 16.3 Å². The summed E-state index contributed by atoms with van der Waals surface area (Å²) in [4.78, 5) is 23.8. The largest absolute Gasteiger partial charge is 0.489 e. The molecule has 1 saturated heterocycles. The zero-order valence-corrected chi connectivity index (χ0v) is 18.0. The fraction of sp³-hybridized carbons (Fsp3) is 0.522. The van der Waals surface area contributed by atoms with E-state index in [1.54, 1.807) is 12.4 Å². The van der Waals surface area contributed by atoms with Crippen molar-refractivity contribution >= 4 is 29.1 Å². The Morgan fingerprint density at radius 2 is 1.90 bits per heavy atom. The number of hydrogen-bond donors (Lipinski definition) is 1. The summed E-state index contributed by atoms with van der Waals surface area (Å²) < 4.78 is 6.04. The fourth-order valence-electron chi connectivity index (χ4n) is 4.31. The normalized spacial score (nSPS) is 18.2. The standard InChI is InChI=1S/C23H29ClN4O2/c24-19-8-9-21(26-15-19)28-13-10-18(11-14-28)23(29)27-22-20(7-4-12-25-22)30-16-17-5-2-1-3-6-17/h4,7-9,12,15,17-18H,1-3,5-6,10-11,13-14,16H2,(H,25,27,29). The number of ether oxygens (including phenoxy) is 1. The summed E-state index contributed by atoms with van der Waals surface area (Å²) in [5.74, 6) is 2.68. The van der Waals surface area contributed by atoms with E-state index in [0.29, 0.717) is 29.1 Å². The predicted molar refractivity (Wildman–Crippen MR) is 119 cm³/mol. The second kappa shape index (κ2) is 10.1. The van der Waals surface area contributed by atoms with Crippen LogP contribution in [-0.4, -0.2) is 35.6 Å². The van der Waals surface area contributed by atoms with Crippen LogP contribution < -0.4 is 15.0 Å². The van der Waals surface area contributed by atoms with E-state index < -0.39 is 0 Å². The zero-order valence-electron chi connectivity index (χ0n) is 17.2. The summed E-state index contributed by atoms with van der Waals surface area (Å²) >= 11 is 5.92. The van der Waals surface area contributed by atoms with Gasteiger partial charge in [0, 0.05) is 31.4 Å². The maximum Gasteiger partial charge on any atom is 0.228 e. The summed E-state index contributed by atoms with van der Waals surface area (Å²) in [6.45, 7) is 2.28. The minimum atomic E-state index is -0.0400. The Labute approximate surface area is 183 Å². The average Bonchev–Trinajstić information content (AvgIpc) is 2.80. The first-order chi connectivity index (χ1) is 14.7. The number of nitrogens with zero attached hydrogens (tertiary/aromatic N) is 3. The van der Waals surface area contributed by atoms with Crippen LogP contribution in [0.1, 0.15) is 44.9 Å². The molecule has 3 heterocycles. The number of hydrogen-bond acceptors (Lipinski definition) is 5. The Hall–Kier alpha value is -2.34. The molecule has 1 aliphatic carbocycles. The van der Waals surface area contributed by atoms with Gasteiger partial charge in [-0.15, -0.1) is 0 Å². The van der Waals surface area contributed by atoms with Gasteiger partial charge in [-0.3, -0.25) is 4.79 Å². The number of carbonyl (C=O) groups excluding carboxylic acids is 1. The van der Waals surface area contributed by atoms with Crippen LogP contribution in [0.25, 0.3) is 0 Å². The second-order valence-electron chi connectivity index (χ2n) is 8.25. The summed E-state index contributed by atoms with van der Waals surface area (Å²) in [5, 5.41) is 3.63. The predicted octanol–water partition coefficient (Wildman–Crippen LogP) is 4.94. The van der Waals surface area contributed by atoms with Crippen molar-refractivity contribution in [3.63, 3.8) is 0 Å². The molecule has 1 aliphatic heterocycles. The number of carbonyl (C=O) groups is 1. The van der Waals surface area contributed by atoms with E-state index in [1.165, 1.54) is 32.1 Å². The van der Waals surface area contributed by atoms with Gasteiger partial charge in [-0.2, -0.15) is 0 Å². The highest BCUT2D eigenvalue weighted by Gasteiger charge is 2.26. The molecule has 1 N–H and O–H groups in total. The van der Waals surface area contributed by atoms with Gasteiger partial charge >= 0.3 is 0 Å². The third-order valence-electron chi connectivity index (χ3n) is 6.11. The van der Waals surface area contributed by atoms with E-state index in [0.717, 1.165) is 31.7 Å². The van der Waals surface area contributed by atoms with Crippen molar-refractivity contribution in [3.8, 4) is 5.75 Å². The van der Waals surface area contributed by atoms with E-state index in [-0.39, 0.29) is 11.8 Å². The summed E-state index contributed by atoms with van der Waals surface area (Å²) in [6.07, 6.45) is 11.3. The van der Waals surface area contributed by atoms with Gasteiger partial charge in [-0.1, -0.05) is 30.9 Å². The van der Waals surface area contributed by atoms with Gasteiger partial charge < -0.3 is 15.0 Å². The van der Waals surface area contributed by atoms with Crippen molar-refractivity contribution in [2.45, 2.75) is 44.9 Å². The number of amides is 1. The molecule has 1 saturated carbocycles. The highest BCUT2D eigenvalue weighted by molar-refractivity contribution is 6.30. The molecule has 2 aromatic heterocycles.